The Morgan fingerprint density at radius 3 is 2.40 bits per heavy atom. The quantitative estimate of drug-likeness (QED) is 0.0475. The molecule has 5 aromatic carbocycles. The number of hydrogen-bond acceptors (Lipinski definition) is 11. The zero-order valence-corrected chi connectivity index (χ0v) is 35.1. The molecule has 9 rings (SSSR count). The summed E-state index contributed by atoms with van der Waals surface area (Å²) >= 11 is 0. The van der Waals surface area contributed by atoms with Crippen LogP contribution in [0, 0.1) is 5.92 Å². The predicted molar refractivity (Wildman–Crippen MR) is 238 cm³/mol. The summed E-state index contributed by atoms with van der Waals surface area (Å²) in [6.07, 6.45) is 1.35. The number of phenols is 1. The number of benzene rings is 5. The molecule has 63 heavy (non-hydrogen) atoms. The van der Waals surface area contributed by atoms with Crippen molar-refractivity contribution in [3.8, 4) is 17.2 Å². The van der Waals surface area contributed by atoms with Crippen LogP contribution < -0.4 is 25.7 Å². The Morgan fingerprint density at radius 2 is 1.63 bits per heavy atom. The van der Waals surface area contributed by atoms with E-state index in [0.717, 1.165) is 60.3 Å². The van der Waals surface area contributed by atoms with E-state index in [1.165, 1.54) is 12.1 Å². The molecular formula is C50H52N4O9. The van der Waals surface area contributed by atoms with Crippen molar-refractivity contribution in [1.82, 2.24) is 20.5 Å². The van der Waals surface area contributed by atoms with Gasteiger partial charge in [-0.1, -0.05) is 72.8 Å². The molecule has 3 atom stereocenters. The van der Waals surface area contributed by atoms with Gasteiger partial charge in [0.05, 0.1) is 30.3 Å². The molecule has 6 aromatic rings. The minimum atomic E-state index is -0.868. The Labute approximate surface area is 365 Å². The summed E-state index contributed by atoms with van der Waals surface area (Å²) < 4.78 is 23.5. The second kappa shape index (κ2) is 20.0. The van der Waals surface area contributed by atoms with Gasteiger partial charge in [-0.15, -0.1) is 0 Å². The van der Waals surface area contributed by atoms with Crippen LogP contribution in [-0.2, 0) is 29.1 Å². The standard InChI is InChI=1S/C50H52N4O9/c1-60-44-26-33(12-13-34(44)20-23-51-28-43(56)40-16-18-42(55)48-41(40)17-19-46(57)52-48)31-62-49(58)37-14-10-32(11-15-37)30-61-39-9-5-8-38(27-39)47(36-6-3-2-4-7-36)53-50(59)63-45-29-54-24-21-35(45)22-25-54/h2-19,26-27,35,43,45,47,51,55-56H,20-25,28-31H2,1H3,(H,52,57)(H,53,59)/t43?,45?,47-/m0/s1. The third kappa shape index (κ3) is 10.7. The summed E-state index contributed by atoms with van der Waals surface area (Å²) in [5.41, 5.74) is 5.33. The molecule has 0 radical (unpaired) electrons. The Balaban J connectivity index is 0.807. The van der Waals surface area contributed by atoms with Crippen LogP contribution in [0.4, 0.5) is 4.79 Å². The van der Waals surface area contributed by atoms with Crippen LogP contribution in [0.25, 0.3) is 10.9 Å². The van der Waals surface area contributed by atoms with Gasteiger partial charge in [0.15, 0.2) is 0 Å². The van der Waals surface area contributed by atoms with Gasteiger partial charge in [-0.05, 0) is 121 Å². The van der Waals surface area contributed by atoms with Gasteiger partial charge >= 0.3 is 12.1 Å². The topological polar surface area (TPSA) is 172 Å². The van der Waals surface area contributed by atoms with Gasteiger partial charge in [0.1, 0.15) is 36.6 Å². The summed E-state index contributed by atoms with van der Waals surface area (Å²) in [5, 5.41) is 28.0. The van der Waals surface area contributed by atoms with Gasteiger partial charge in [-0.2, -0.15) is 0 Å². The lowest BCUT2D eigenvalue weighted by molar-refractivity contribution is -0.0336. The number of rotatable bonds is 17. The highest BCUT2D eigenvalue weighted by Crippen LogP contribution is 2.32. The molecule has 4 heterocycles. The summed E-state index contributed by atoms with van der Waals surface area (Å²) in [5.74, 6) is 1.19. The van der Waals surface area contributed by atoms with E-state index in [1.54, 1.807) is 31.4 Å². The first-order chi connectivity index (χ1) is 30.7. The Morgan fingerprint density at radius 1 is 0.857 bits per heavy atom. The fourth-order valence-electron chi connectivity index (χ4n) is 8.46. The molecule has 0 aliphatic carbocycles. The van der Waals surface area contributed by atoms with Crippen LogP contribution in [0.5, 0.6) is 17.2 Å². The molecule has 2 bridgehead atoms. The summed E-state index contributed by atoms with van der Waals surface area (Å²) in [6, 6.07) is 35.9. The number of hydrogen-bond donors (Lipinski definition) is 5. The monoisotopic (exact) mass is 852 g/mol. The number of alkyl carbamates (subject to hydrolysis) is 1. The van der Waals surface area contributed by atoms with Crippen molar-refractivity contribution in [2.45, 2.75) is 50.7 Å². The van der Waals surface area contributed by atoms with Crippen LogP contribution in [-0.4, -0.2) is 78.1 Å². The molecule has 3 fully saturated rings. The van der Waals surface area contributed by atoms with Gasteiger partial charge in [-0.25, -0.2) is 9.59 Å². The average Bonchev–Trinajstić information content (AvgIpc) is 3.32. The lowest BCUT2D eigenvalue weighted by atomic mass is 9.86. The second-order valence-corrected chi connectivity index (χ2v) is 16.1. The van der Waals surface area contributed by atoms with Gasteiger partial charge in [-0.3, -0.25) is 9.69 Å². The van der Waals surface area contributed by atoms with E-state index < -0.39 is 24.2 Å². The van der Waals surface area contributed by atoms with Gasteiger partial charge in [0.2, 0.25) is 5.56 Å². The normalized spacial score (nSPS) is 17.7. The summed E-state index contributed by atoms with van der Waals surface area (Å²) in [4.78, 5) is 43.0. The number of methoxy groups -OCH3 is 1. The second-order valence-electron chi connectivity index (χ2n) is 16.1. The largest absolute Gasteiger partial charge is 0.506 e. The number of fused-ring (bicyclic) bond motifs is 4. The Bertz CT molecular complexity index is 2570. The highest BCUT2D eigenvalue weighted by Gasteiger charge is 2.37. The van der Waals surface area contributed by atoms with E-state index >= 15 is 0 Å². The van der Waals surface area contributed by atoms with Crippen molar-refractivity contribution < 1.29 is 38.7 Å². The first kappa shape index (κ1) is 43.0. The van der Waals surface area contributed by atoms with E-state index in [4.69, 9.17) is 18.9 Å². The molecule has 5 N–H and O–H groups in total. The van der Waals surface area contributed by atoms with E-state index in [1.807, 2.05) is 84.9 Å². The number of esters is 1. The molecule has 13 nitrogen and oxygen atoms in total. The number of aromatic amines is 1. The van der Waals surface area contributed by atoms with E-state index in [0.29, 0.717) is 46.9 Å². The number of ether oxygens (including phenoxy) is 4. The number of pyridine rings is 1. The van der Waals surface area contributed by atoms with Crippen LogP contribution in [0.2, 0.25) is 0 Å². The maximum atomic E-state index is 13.3. The number of nitrogens with zero attached hydrogens (tertiary/aromatic N) is 1. The number of carbonyl (C=O) groups is 2. The van der Waals surface area contributed by atoms with Gasteiger partial charge < -0.3 is 44.8 Å². The highest BCUT2D eigenvalue weighted by atomic mass is 16.6. The van der Waals surface area contributed by atoms with E-state index in [2.05, 4.69) is 20.5 Å². The number of aliphatic hydroxyl groups is 1. The summed E-state index contributed by atoms with van der Waals surface area (Å²) in [6.45, 7) is 4.06. The fraction of sp³-hybridized carbons (Fsp3) is 0.300. The van der Waals surface area contributed by atoms with Gasteiger partial charge in [0.25, 0.3) is 0 Å². The van der Waals surface area contributed by atoms with Crippen molar-refractivity contribution in [3.63, 3.8) is 0 Å². The number of piperidine rings is 3. The van der Waals surface area contributed by atoms with Crippen LogP contribution in [0.15, 0.2) is 126 Å². The molecule has 3 saturated heterocycles. The number of amides is 1. The number of H-pyrrole nitrogens is 1. The molecule has 13 heteroatoms. The SMILES string of the molecule is COc1cc(COC(=O)c2ccc(COc3cccc([C@@H](NC(=O)OC4CN5CCC4CC5)c4ccccc4)c3)cc2)ccc1CCNCC(O)c1ccc(O)c2[nH]c(=O)ccc12. The predicted octanol–water partition coefficient (Wildman–Crippen LogP) is 6.95. The Hall–Kier alpha value is -6.67. The molecule has 2 unspecified atom stereocenters. The van der Waals surface area contributed by atoms with Crippen molar-refractivity contribution in [3.05, 3.63) is 171 Å². The van der Waals surface area contributed by atoms with Crippen LogP contribution >= 0.6 is 0 Å². The molecule has 3 aliphatic heterocycles. The number of nitrogens with one attached hydrogen (secondary N) is 3. The molecule has 326 valence electrons. The number of aromatic hydroxyl groups is 1. The molecule has 3 aliphatic rings. The number of aromatic nitrogens is 1. The molecule has 1 amide bonds. The maximum Gasteiger partial charge on any atom is 0.408 e. The molecule has 0 saturated carbocycles. The zero-order valence-electron chi connectivity index (χ0n) is 35.1. The summed E-state index contributed by atoms with van der Waals surface area (Å²) in [7, 11) is 1.59. The van der Waals surface area contributed by atoms with Crippen LogP contribution in [0.3, 0.4) is 0 Å². The minimum Gasteiger partial charge on any atom is -0.506 e. The number of aliphatic hydroxyl groups excluding tert-OH is 1. The van der Waals surface area contributed by atoms with Crippen LogP contribution in [0.1, 0.15) is 68.7 Å². The molecule has 0 spiro atoms. The lowest BCUT2D eigenvalue weighted by Crippen LogP contribution is -2.52. The zero-order chi connectivity index (χ0) is 43.7. The molecular weight excluding hydrogens is 801 g/mol. The van der Waals surface area contributed by atoms with Crippen molar-refractivity contribution >= 4 is 23.0 Å². The Kier molecular flexibility index (Phi) is 13.7. The van der Waals surface area contributed by atoms with Crippen molar-refractivity contribution in [1.29, 1.82) is 0 Å². The van der Waals surface area contributed by atoms with Gasteiger partial charge in [0, 0.05) is 24.5 Å². The third-order valence-electron chi connectivity index (χ3n) is 11.9. The van der Waals surface area contributed by atoms with Crippen molar-refractivity contribution in [2.24, 2.45) is 5.92 Å². The maximum absolute atomic E-state index is 13.3. The lowest BCUT2D eigenvalue weighted by Gasteiger charge is -2.43. The van der Waals surface area contributed by atoms with E-state index in [9.17, 15) is 24.6 Å². The number of carbonyl (C=O) groups excluding carboxylic acids is 2. The first-order valence-electron chi connectivity index (χ1n) is 21.3. The number of phenolic OH excluding ortho intramolecular Hbond substituents is 1. The average molecular weight is 853 g/mol. The van der Waals surface area contributed by atoms with Crippen molar-refractivity contribution in [2.75, 3.05) is 39.8 Å². The molecule has 1 aromatic heterocycles. The third-order valence-corrected chi connectivity index (χ3v) is 11.9. The van der Waals surface area contributed by atoms with E-state index in [-0.39, 0.29) is 42.7 Å². The fourth-order valence-corrected chi connectivity index (χ4v) is 8.46. The first-order valence-corrected chi connectivity index (χ1v) is 21.3. The minimum absolute atomic E-state index is 0.0588. The highest BCUT2D eigenvalue weighted by molar-refractivity contribution is 5.89. The smallest absolute Gasteiger partial charge is 0.408 e.